The van der Waals surface area contributed by atoms with E-state index in [4.69, 9.17) is 9.47 Å². The van der Waals surface area contributed by atoms with E-state index in [9.17, 15) is 18.3 Å². The number of anilines is 1. The number of carboxylic acid groups (broad SMARTS) is 1. The molecule has 0 aliphatic rings. The lowest BCUT2D eigenvalue weighted by Crippen LogP contribution is -2.15. The Morgan fingerprint density at radius 2 is 1.50 bits per heavy atom. The molecule has 0 bridgehead atoms. The lowest BCUT2D eigenvalue weighted by atomic mass is 10.2. The zero-order valence-corrected chi connectivity index (χ0v) is 15.6. The first-order valence-corrected chi connectivity index (χ1v) is 9.65. The highest BCUT2D eigenvalue weighted by atomic mass is 32.2. The van der Waals surface area contributed by atoms with Crippen molar-refractivity contribution < 1.29 is 27.8 Å². The van der Waals surface area contributed by atoms with Crippen LogP contribution in [0.15, 0.2) is 77.7 Å². The van der Waals surface area contributed by atoms with Gasteiger partial charge in [-0.2, -0.15) is 0 Å². The van der Waals surface area contributed by atoms with Gasteiger partial charge < -0.3 is 14.6 Å². The van der Waals surface area contributed by atoms with Crippen molar-refractivity contribution in [2.75, 3.05) is 11.8 Å². The van der Waals surface area contributed by atoms with E-state index < -0.39 is 16.0 Å². The number of sulfonamides is 1. The van der Waals surface area contributed by atoms with Gasteiger partial charge in [0, 0.05) is 0 Å². The van der Waals surface area contributed by atoms with Crippen LogP contribution in [0.1, 0.15) is 10.4 Å². The van der Waals surface area contributed by atoms with Gasteiger partial charge in [-0.25, -0.2) is 13.2 Å². The molecule has 0 atom stereocenters. The number of carboxylic acids is 1. The molecule has 0 aromatic heterocycles. The number of para-hydroxylation sites is 3. The first-order chi connectivity index (χ1) is 13.4. The molecule has 144 valence electrons. The van der Waals surface area contributed by atoms with Crippen molar-refractivity contribution in [2.24, 2.45) is 0 Å². The van der Waals surface area contributed by atoms with Gasteiger partial charge in [0.1, 0.15) is 5.75 Å². The number of methoxy groups -OCH3 is 1. The van der Waals surface area contributed by atoms with Crippen molar-refractivity contribution in [3.05, 3.63) is 78.4 Å². The van der Waals surface area contributed by atoms with E-state index in [-0.39, 0.29) is 16.1 Å². The van der Waals surface area contributed by atoms with Crippen LogP contribution in [0.25, 0.3) is 0 Å². The number of hydrogen-bond acceptors (Lipinski definition) is 5. The summed E-state index contributed by atoms with van der Waals surface area (Å²) in [6.45, 7) is 0. The highest BCUT2D eigenvalue weighted by Crippen LogP contribution is 2.31. The topological polar surface area (TPSA) is 102 Å². The van der Waals surface area contributed by atoms with Crippen LogP contribution in [-0.2, 0) is 10.0 Å². The second kappa shape index (κ2) is 8.01. The molecule has 0 saturated carbocycles. The minimum Gasteiger partial charge on any atom is -0.493 e. The molecule has 0 aliphatic carbocycles. The van der Waals surface area contributed by atoms with Gasteiger partial charge in [0.2, 0.25) is 0 Å². The highest BCUT2D eigenvalue weighted by molar-refractivity contribution is 7.92. The predicted octanol–water partition coefficient (Wildman–Crippen LogP) is 3.99. The third kappa shape index (κ3) is 4.24. The van der Waals surface area contributed by atoms with E-state index in [1.807, 2.05) is 6.07 Å². The lowest BCUT2D eigenvalue weighted by molar-refractivity contribution is 0.0698. The molecule has 7 nitrogen and oxygen atoms in total. The molecular formula is C20H17NO6S. The van der Waals surface area contributed by atoms with Crippen LogP contribution in [0, 0.1) is 0 Å². The molecular weight excluding hydrogens is 382 g/mol. The number of hydrogen-bond donors (Lipinski definition) is 2. The molecule has 0 unspecified atom stereocenters. The summed E-state index contributed by atoms with van der Waals surface area (Å²) >= 11 is 0. The quantitative estimate of drug-likeness (QED) is 0.623. The molecule has 0 fully saturated rings. The largest absolute Gasteiger partial charge is 0.493 e. The lowest BCUT2D eigenvalue weighted by Gasteiger charge is -2.12. The van der Waals surface area contributed by atoms with Gasteiger partial charge in [0.15, 0.2) is 11.5 Å². The molecule has 0 radical (unpaired) electrons. The van der Waals surface area contributed by atoms with Gasteiger partial charge in [-0.15, -0.1) is 0 Å². The summed E-state index contributed by atoms with van der Waals surface area (Å²) in [6, 6.07) is 18.6. The van der Waals surface area contributed by atoms with E-state index in [1.54, 1.807) is 24.3 Å². The van der Waals surface area contributed by atoms with Crippen LogP contribution in [0.5, 0.6) is 17.2 Å². The number of carbonyl (C=O) groups is 1. The normalized spacial score (nSPS) is 10.9. The van der Waals surface area contributed by atoms with Crippen LogP contribution in [0.2, 0.25) is 0 Å². The minimum absolute atomic E-state index is 0.00986. The Hall–Kier alpha value is -3.52. The Bertz CT molecular complexity index is 1090. The number of ether oxygens (including phenoxy) is 2. The molecule has 8 heteroatoms. The highest BCUT2D eigenvalue weighted by Gasteiger charge is 2.18. The summed E-state index contributed by atoms with van der Waals surface area (Å²) in [5.41, 5.74) is -0.147. The van der Waals surface area contributed by atoms with Gasteiger partial charge in [-0.1, -0.05) is 24.3 Å². The average molecular weight is 399 g/mol. The van der Waals surface area contributed by atoms with Crippen LogP contribution < -0.4 is 14.2 Å². The predicted molar refractivity (Wildman–Crippen MR) is 104 cm³/mol. The molecule has 3 aromatic carbocycles. The molecule has 0 aliphatic heterocycles. The summed E-state index contributed by atoms with van der Waals surface area (Å²) < 4.78 is 38.4. The summed E-state index contributed by atoms with van der Waals surface area (Å²) in [5, 5.41) is 9.19. The fourth-order valence-corrected chi connectivity index (χ4v) is 3.56. The van der Waals surface area contributed by atoms with Crippen LogP contribution in [0.4, 0.5) is 5.69 Å². The van der Waals surface area contributed by atoms with E-state index in [1.165, 1.54) is 49.6 Å². The van der Waals surface area contributed by atoms with Crippen molar-refractivity contribution in [2.45, 2.75) is 4.90 Å². The van der Waals surface area contributed by atoms with E-state index >= 15 is 0 Å². The molecule has 0 spiro atoms. The molecule has 0 heterocycles. The van der Waals surface area contributed by atoms with Crippen LogP contribution in [0.3, 0.4) is 0 Å². The van der Waals surface area contributed by atoms with E-state index in [0.29, 0.717) is 17.2 Å². The molecule has 3 aromatic rings. The number of rotatable bonds is 7. The summed E-state index contributed by atoms with van der Waals surface area (Å²) in [6.07, 6.45) is 0. The minimum atomic E-state index is -3.97. The monoisotopic (exact) mass is 399 g/mol. The number of aromatic carboxylic acids is 1. The molecule has 0 saturated heterocycles. The van der Waals surface area contributed by atoms with E-state index in [2.05, 4.69) is 4.72 Å². The van der Waals surface area contributed by atoms with Crippen molar-refractivity contribution in [1.82, 2.24) is 0 Å². The second-order valence-electron chi connectivity index (χ2n) is 5.68. The van der Waals surface area contributed by atoms with Gasteiger partial charge in [-0.05, 0) is 48.5 Å². The Morgan fingerprint density at radius 3 is 2.14 bits per heavy atom. The summed E-state index contributed by atoms with van der Waals surface area (Å²) in [5.74, 6) is 0.244. The maximum Gasteiger partial charge on any atom is 0.337 e. The third-order valence-electron chi connectivity index (χ3n) is 3.83. The van der Waals surface area contributed by atoms with Crippen LogP contribution in [-0.4, -0.2) is 26.6 Å². The fraction of sp³-hybridized carbons (Fsp3) is 0.0500. The maximum absolute atomic E-state index is 12.6. The van der Waals surface area contributed by atoms with Crippen molar-refractivity contribution in [3.8, 4) is 17.2 Å². The Kier molecular flexibility index (Phi) is 5.51. The number of benzene rings is 3. The zero-order valence-electron chi connectivity index (χ0n) is 14.8. The Morgan fingerprint density at radius 1 is 0.893 bits per heavy atom. The van der Waals surface area contributed by atoms with Gasteiger partial charge in [0.05, 0.1) is 23.3 Å². The summed E-state index contributed by atoms with van der Waals surface area (Å²) in [7, 11) is -2.44. The standard InChI is InChI=1S/C20H17NO6S/c1-26-18-8-4-5-9-19(18)27-14-10-12-15(13-11-14)28(24,25)21-17-7-3-2-6-16(17)20(22)23/h2-13,21H,1H3,(H,22,23). The SMILES string of the molecule is COc1ccccc1Oc1ccc(S(=O)(=O)Nc2ccccc2C(=O)O)cc1. The molecule has 28 heavy (non-hydrogen) atoms. The number of nitrogens with one attached hydrogen (secondary N) is 1. The van der Waals surface area contributed by atoms with E-state index in [0.717, 1.165) is 0 Å². The Balaban J connectivity index is 1.82. The average Bonchev–Trinajstić information content (AvgIpc) is 2.69. The first-order valence-electron chi connectivity index (χ1n) is 8.17. The van der Waals surface area contributed by atoms with Gasteiger partial charge >= 0.3 is 5.97 Å². The van der Waals surface area contributed by atoms with Crippen LogP contribution >= 0.6 is 0 Å². The molecule has 3 rings (SSSR count). The van der Waals surface area contributed by atoms with Gasteiger partial charge in [-0.3, -0.25) is 4.72 Å². The maximum atomic E-state index is 12.6. The zero-order chi connectivity index (χ0) is 20.1. The fourth-order valence-electron chi connectivity index (χ4n) is 2.48. The summed E-state index contributed by atoms with van der Waals surface area (Å²) in [4.78, 5) is 11.2. The molecule has 0 amide bonds. The second-order valence-corrected chi connectivity index (χ2v) is 7.36. The third-order valence-corrected chi connectivity index (χ3v) is 5.21. The van der Waals surface area contributed by atoms with Crippen molar-refractivity contribution in [1.29, 1.82) is 0 Å². The van der Waals surface area contributed by atoms with Crippen molar-refractivity contribution in [3.63, 3.8) is 0 Å². The van der Waals surface area contributed by atoms with Gasteiger partial charge in [0.25, 0.3) is 10.0 Å². The molecule has 2 N–H and O–H groups in total. The Labute approximate surface area is 162 Å². The first kappa shape index (κ1) is 19.2. The van der Waals surface area contributed by atoms with Crippen molar-refractivity contribution >= 4 is 21.7 Å². The smallest absolute Gasteiger partial charge is 0.337 e.